The molecule has 0 bridgehead atoms. The lowest BCUT2D eigenvalue weighted by Crippen LogP contribution is -2.33. The van der Waals surface area contributed by atoms with Gasteiger partial charge in [-0.25, -0.2) is 14.8 Å². The van der Waals surface area contributed by atoms with Crippen LogP contribution in [0.15, 0.2) is 91.1 Å². The number of anilines is 2. The number of carbonyl (C=O) groups excluding carboxylic acids is 1. The van der Waals surface area contributed by atoms with E-state index in [0.717, 1.165) is 11.1 Å². The minimum Gasteiger partial charge on any atom is -0.406 e. The van der Waals surface area contributed by atoms with Crippen LogP contribution < -0.4 is 15.4 Å². The Morgan fingerprint density at radius 2 is 1.69 bits per heavy atom. The highest BCUT2D eigenvalue weighted by molar-refractivity contribution is 5.75. The number of nitrogens with zero attached hydrogens (tertiary/aromatic N) is 4. The van der Waals surface area contributed by atoms with Gasteiger partial charge in [0, 0.05) is 31.9 Å². The second-order valence-electron chi connectivity index (χ2n) is 8.52. The molecule has 8 nitrogen and oxygen atoms in total. The normalized spacial score (nSPS) is 11.5. The quantitative estimate of drug-likeness (QED) is 0.355. The molecule has 1 heterocycles. The molecule has 0 spiro atoms. The Kier molecular flexibility index (Phi) is 7.77. The zero-order valence-electron chi connectivity index (χ0n) is 20.3. The van der Waals surface area contributed by atoms with Crippen LogP contribution in [-0.2, 0) is 6.54 Å². The number of benzene rings is 3. The first kappa shape index (κ1) is 24.7. The third-order valence-electron chi connectivity index (χ3n) is 5.64. The van der Waals surface area contributed by atoms with Crippen LogP contribution in [-0.4, -0.2) is 46.7 Å². The van der Waals surface area contributed by atoms with Gasteiger partial charge in [0.2, 0.25) is 5.95 Å². The summed E-state index contributed by atoms with van der Waals surface area (Å²) < 4.78 is 5.68. The lowest BCUT2D eigenvalue weighted by molar-refractivity contribution is 0.112. The number of amides is 1. The molecule has 4 aromatic rings. The van der Waals surface area contributed by atoms with Crippen molar-refractivity contribution in [2.24, 2.45) is 0 Å². The summed E-state index contributed by atoms with van der Waals surface area (Å²) in [7, 11) is 3.47. The Labute approximate surface area is 210 Å². The van der Waals surface area contributed by atoms with E-state index in [4.69, 9.17) is 15.5 Å². The topological polar surface area (TPSA) is 105 Å². The summed E-state index contributed by atoms with van der Waals surface area (Å²) in [5.74, 6) is 0.733. The van der Waals surface area contributed by atoms with Gasteiger partial charge in [0.15, 0.2) is 5.75 Å². The number of hydrogen-bond acceptors (Lipinski definition) is 7. The molecule has 0 aliphatic carbocycles. The fourth-order valence-corrected chi connectivity index (χ4v) is 3.73. The molecule has 1 amide bonds. The first-order valence-electron chi connectivity index (χ1n) is 11.5. The second kappa shape index (κ2) is 11.3. The number of aliphatic hydroxyl groups is 1. The molecule has 0 saturated carbocycles. The average molecular weight is 484 g/mol. The van der Waals surface area contributed by atoms with Gasteiger partial charge in [-0.05, 0) is 23.3 Å². The van der Waals surface area contributed by atoms with Crippen LogP contribution in [0.4, 0.5) is 16.4 Å². The number of nitrogen functional groups attached to an aromatic ring is 1. The Morgan fingerprint density at radius 3 is 2.39 bits per heavy atom. The largest absolute Gasteiger partial charge is 0.415 e. The molecule has 0 radical (unpaired) electrons. The van der Waals surface area contributed by atoms with Crippen LogP contribution in [0.25, 0.3) is 11.3 Å². The van der Waals surface area contributed by atoms with E-state index >= 15 is 0 Å². The molecule has 8 heteroatoms. The molecule has 0 saturated heterocycles. The highest BCUT2D eigenvalue weighted by Crippen LogP contribution is 2.30. The average Bonchev–Trinajstić information content (AvgIpc) is 2.90. The van der Waals surface area contributed by atoms with Crippen molar-refractivity contribution in [2.45, 2.75) is 12.6 Å². The van der Waals surface area contributed by atoms with Crippen molar-refractivity contribution < 1.29 is 14.6 Å². The summed E-state index contributed by atoms with van der Waals surface area (Å²) in [6.45, 7) is 0.653. The molecule has 0 fully saturated rings. The molecule has 0 aliphatic heterocycles. The third-order valence-corrected chi connectivity index (χ3v) is 5.64. The molecule has 4 rings (SSSR count). The molecule has 184 valence electrons. The molecular weight excluding hydrogens is 454 g/mol. The van der Waals surface area contributed by atoms with E-state index in [1.165, 1.54) is 11.1 Å². The predicted molar refractivity (Wildman–Crippen MR) is 140 cm³/mol. The van der Waals surface area contributed by atoms with E-state index in [1.54, 1.807) is 31.3 Å². The van der Waals surface area contributed by atoms with Crippen molar-refractivity contribution in [3.8, 4) is 17.0 Å². The van der Waals surface area contributed by atoms with Gasteiger partial charge in [-0.2, -0.15) is 0 Å². The Morgan fingerprint density at radius 1 is 1.00 bits per heavy atom. The molecule has 3 aromatic carbocycles. The number of carbonyl (C=O) groups is 1. The maximum atomic E-state index is 12.9. The van der Waals surface area contributed by atoms with Crippen LogP contribution in [0.1, 0.15) is 17.2 Å². The fraction of sp³-hybridized carbons (Fsp3) is 0.179. The monoisotopic (exact) mass is 483 g/mol. The lowest BCUT2D eigenvalue weighted by atomic mass is 10.1. The number of nitrogens with two attached hydrogens (primary N) is 1. The number of hydrogen-bond donors (Lipinski definition) is 2. The van der Waals surface area contributed by atoms with Crippen molar-refractivity contribution in [1.29, 1.82) is 0 Å². The van der Waals surface area contributed by atoms with Gasteiger partial charge in [-0.3, -0.25) is 0 Å². The van der Waals surface area contributed by atoms with Crippen molar-refractivity contribution in [3.63, 3.8) is 0 Å². The number of likely N-dealkylation sites (N-methyl/N-ethyl adjacent to an activating group) is 1. The Balaban J connectivity index is 1.53. The van der Waals surface area contributed by atoms with Gasteiger partial charge in [-0.1, -0.05) is 72.8 Å². The maximum Gasteiger partial charge on any atom is 0.415 e. The van der Waals surface area contributed by atoms with Crippen molar-refractivity contribution in [1.82, 2.24) is 14.9 Å². The zero-order valence-corrected chi connectivity index (χ0v) is 20.3. The third kappa shape index (κ3) is 6.17. The first-order chi connectivity index (χ1) is 17.4. The summed E-state index contributed by atoms with van der Waals surface area (Å²) in [5.41, 5.74) is 9.38. The molecule has 1 unspecified atom stereocenters. The van der Waals surface area contributed by atoms with Crippen molar-refractivity contribution in [2.75, 3.05) is 31.3 Å². The lowest BCUT2D eigenvalue weighted by Gasteiger charge is -2.22. The van der Waals surface area contributed by atoms with Gasteiger partial charge in [-0.15, -0.1) is 0 Å². The van der Waals surface area contributed by atoms with Gasteiger partial charge in [0.1, 0.15) is 5.69 Å². The highest BCUT2D eigenvalue weighted by Gasteiger charge is 2.21. The second-order valence-corrected chi connectivity index (χ2v) is 8.52. The van der Waals surface area contributed by atoms with Crippen LogP contribution >= 0.6 is 0 Å². The number of rotatable bonds is 8. The molecule has 1 aromatic heterocycles. The molecule has 1 atom stereocenters. The molecule has 3 N–H and O–H groups in total. The van der Waals surface area contributed by atoms with Gasteiger partial charge in [0.05, 0.1) is 18.8 Å². The van der Waals surface area contributed by atoms with Crippen LogP contribution in [0.5, 0.6) is 5.75 Å². The van der Waals surface area contributed by atoms with E-state index < -0.39 is 12.2 Å². The standard InChI is InChI=1S/C28H29N5O3/c1-32(18-20-10-5-3-6-11-20)27-30-17-25(26(31-27)21-12-7-4-8-13-21)36-28(35)33(2)19-24(34)22-14-9-15-23(29)16-22/h3-17,24,34H,18-19,29H2,1-2H3. The smallest absolute Gasteiger partial charge is 0.406 e. The molecule has 0 aliphatic rings. The van der Waals surface area contributed by atoms with E-state index in [2.05, 4.69) is 4.98 Å². The summed E-state index contributed by atoms with van der Waals surface area (Å²) in [6, 6.07) is 26.4. The predicted octanol–water partition coefficient (Wildman–Crippen LogP) is 4.53. The van der Waals surface area contributed by atoms with E-state index in [9.17, 15) is 9.90 Å². The van der Waals surface area contributed by atoms with Crippen LogP contribution in [0, 0.1) is 0 Å². The summed E-state index contributed by atoms with van der Waals surface area (Å²) >= 11 is 0. The minimum absolute atomic E-state index is 0.0295. The Hall–Kier alpha value is -4.43. The first-order valence-corrected chi connectivity index (χ1v) is 11.5. The van der Waals surface area contributed by atoms with Crippen molar-refractivity contribution in [3.05, 3.63) is 102 Å². The van der Waals surface area contributed by atoms with Crippen LogP contribution in [0.2, 0.25) is 0 Å². The minimum atomic E-state index is -0.912. The van der Waals surface area contributed by atoms with Gasteiger partial charge < -0.3 is 25.4 Å². The van der Waals surface area contributed by atoms with Gasteiger partial charge in [0.25, 0.3) is 0 Å². The highest BCUT2D eigenvalue weighted by atomic mass is 16.6. The van der Waals surface area contributed by atoms with E-state index in [0.29, 0.717) is 29.4 Å². The van der Waals surface area contributed by atoms with Crippen molar-refractivity contribution >= 4 is 17.7 Å². The SMILES string of the molecule is CN(CC(O)c1cccc(N)c1)C(=O)Oc1cnc(N(C)Cc2ccccc2)nc1-c1ccccc1. The summed E-state index contributed by atoms with van der Waals surface area (Å²) in [6.07, 6.45) is -0.0410. The number of ether oxygens (including phenoxy) is 1. The maximum absolute atomic E-state index is 12.9. The zero-order chi connectivity index (χ0) is 25.5. The fourth-order valence-electron chi connectivity index (χ4n) is 3.73. The van der Waals surface area contributed by atoms with E-state index in [1.807, 2.05) is 72.6 Å². The van der Waals surface area contributed by atoms with Crippen LogP contribution in [0.3, 0.4) is 0 Å². The number of aromatic nitrogens is 2. The van der Waals surface area contributed by atoms with E-state index in [-0.39, 0.29) is 12.3 Å². The Bertz CT molecular complexity index is 1300. The summed E-state index contributed by atoms with van der Waals surface area (Å²) in [4.78, 5) is 25.3. The van der Waals surface area contributed by atoms with Gasteiger partial charge >= 0.3 is 6.09 Å². The summed E-state index contributed by atoms with van der Waals surface area (Å²) in [5, 5.41) is 10.5. The molecule has 36 heavy (non-hydrogen) atoms. The molecular formula is C28H29N5O3. The number of aliphatic hydroxyl groups excluding tert-OH is 1.